The van der Waals surface area contributed by atoms with E-state index >= 15 is 0 Å². The standard InChI is InChI=1S/C20H21N3O4/c1-27-16-9-7-14(8-10-16)12-21-18(24)11-17-19(25)23(20(26)22-17)13-15-5-3-2-4-6-15/h2-10,17H,11-13H2,1H3,(H,21,24)(H,22,26)/t17-/m1/s1. The van der Waals surface area contributed by atoms with Crippen LogP contribution < -0.4 is 15.4 Å². The number of carbonyl (C=O) groups is 3. The van der Waals surface area contributed by atoms with Crippen LogP contribution in [0.25, 0.3) is 0 Å². The molecule has 3 rings (SSSR count). The molecule has 7 heteroatoms. The topological polar surface area (TPSA) is 87.7 Å². The Kier molecular flexibility index (Phi) is 5.71. The van der Waals surface area contributed by atoms with Gasteiger partial charge in [0.1, 0.15) is 11.8 Å². The van der Waals surface area contributed by atoms with Gasteiger partial charge in [-0.25, -0.2) is 4.79 Å². The molecule has 1 aliphatic heterocycles. The van der Waals surface area contributed by atoms with Crippen molar-refractivity contribution in [2.24, 2.45) is 0 Å². The molecule has 0 saturated carbocycles. The number of hydrogen-bond donors (Lipinski definition) is 2. The number of carbonyl (C=O) groups excluding carboxylic acids is 3. The lowest BCUT2D eigenvalue weighted by atomic mass is 10.1. The molecular formula is C20H21N3O4. The quantitative estimate of drug-likeness (QED) is 0.731. The van der Waals surface area contributed by atoms with Gasteiger partial charge < -0.3 is 15.4 Å². The summed E-state index contributed by atoms with van der Waals surface area (Å²) in [6, 6.07) is 15.3. The maximum absolute atomic E-state index is 12.4. The summed E-state index contributed by atoms with van der Waals surface area (Å²) in [6.07, 6.45) is -0.0913. The number of benzene rings is 2. The molecule has 2 N–H and O–H groups in total. The second-order valence-electron chi connectivity index (χ2n) is 6.24. The lowest BCUT2D eigenvalue weighted by molar-refractivity contribution is -0.131. The lowest BCUT2D eigenvalue weighted by Crippen LogP contribution is -2.36. The van der Waals surface area contributed by atoms with Crippen LogP contribution in [0.2, 0.25) is 0 Å². The van der Waals surface area contributed by atoms with E-state index in [2.05, 4.69) is 10.6 Å². The van der Waals surface area contributed by atoms with Crippen molar-refractivity contribution in [3.8, 4) is 5.75 Å². The number of amides is 4. The van der Waals surface area contributed by atoms with E-state index in [1.54, 1.807) is 7.11 Å². The Balaban J connectivity index is 1.51. The minimum atomic E-state index is -0.836. The Bertz CT molecular complexity index is 821. The molecule has 0 unspecified atom stereocenters. The zero-order chi connectivity index (χ0) is 19.2. The van der Waals surface area contributed by atoms with Crippen LogP contribution in [0.5, 0.6) is 5.75 Å². The van der Waals surface area contributed by atoms with Crippen LogP contribution in [0.15, 0.2) is 54.6 Å². The SMILES string of the molecule is COc1ccc(CNC(=O)C[C@H]2NC(=O)N(Cc3ccccc3)C2=O)cc1. The van der Waals surface area contributed by atoms with Crippen molar-refractivity contribution >= 4 is 17.8 Å². The summed E-state index contributed by atoms with van der Waals surface area (Å²) < 4.78 is 5.09. The van der Waals surface area contributed by atoms with Gasteiger partial charge in [-0.1, -0.05) is 42.5 Å². The fraction of sp³-hybridized carbons (Fsp3) is 0.250. The molecule has 0 bridgehead atoms. The molecule has 1 atom stereocenters. The van der Waals surface area contributed by atoms with Gasteiger partial charge >= 0.3 is 6.03 Å². The van der Waals surface area contributed by atoms with E-state index in [1.807, 2.05) is 54.6 Å². The molecule has 7 nitrogen and oxygen atoms in total. The maximum Gasteiger partial charge on any atom is 0.325 e. The average Bonchev–Trinajstić information content (AvgIpc) is 2.95. The summed E-state index contributed by atoms with van der Waals surface area (Å²) in [6.45, 7) is 0.529. The predicted octanol–water partition coefficient (Wildman–Crippen LogP) is 1.82. The summed E-state index contributed by atoms with van der Waals surface area (Å²) in [5.74, 6) is 0.0531. The fourth-order valence-corrected chi connectivity index (χ4v) is 2.83. The zero-order valence-electron chi connectivity index (χ0n) is 15.0. The molecule has 0 aromatic heterocycles. The van der Waals surface area contributed by atoms with Crippen LogP contribution >= 0.6 is 0 Å². The van der Waals surface area contributed by atoms with Gasteiger partial charge in [0.25, 0.3) is 5.91 Å². The number of ether oxygens (including phenoxy) is 1. The number of nitrogens with one attached hydrogen (secondary N) is 2. The molecule has 0 radical (unpaired) electrons. The first-order valence-electron chi connectivity index (χ1n) is 8.62. The minimum Gasteiger partial charge on any atom is -0.497 e. The number of nitrogens with zero attached hydrogens (tertiary/aromatic N) is 1. The predicted molar refractivity (Wildman–Crippen MR) is 98.8 cm³/mol. The second kappa shape index (κ2) is 8.35. The number of imide groups is 1. The van der Waals surface area contributed by atoms with Crippen LogP contribution in [0, 0.1) is 0 Å². The highest BCUT2D eigenvalue weighted by Gasteiger charge is 2.38. The molecule has 1 aliphatic rings. The van der Waals surface area contributed by atoms with Crippen molar-refractivity contribution in [1.29, 1.82) is 0 Å². The van der Waals surface area contributed by atoms with Crippen LogP contribution in [0.1, 0.15) is 17.5 Å². The van der Waals surface area contributed by atoms with Gasteiger partial charge in [-0.15, -0.1) is 0 Å². The number of hydrogen-bond acceptors (Lipinski definition) is 4. The Labute approximate surface area is 157 Å². The molecule has 0 aliphatic carbocycles. The molecular weight excluding hydrogens is 346 g/mol. The molecule has 2 aromatic rings. The van der Waals surface area contributed by atoms with Gasteiger partial charge in [-0.2, -0.15) is 0 Å². The van der Waals surface area contributed by atoms with E-state index in [0.717, 1.165) is 21.8 Å². The highest BCUT2D eigenvalue weighted by atomic mass is 16.5. The van der Waals surface area contributed by atoms with E-state index in [9.17, 15) is 14.4 Å². The van der Waals surface area contributed by atoms with Crippen LogP contribution in [-0.4, -0.2) is 35.9 Å². The molecule has 140 valence electrons. The van der Waals surface area contributed by atoms with Crippen molar-refractivity contribution in [2.45, 2.75) is 25.6 Å². The van der Waals surface area contributed by atoms with Crippen LogP contribution in [-0.2, 0) is 22.7 Å². The summed E-state index contributed by atoms with van der Waals surface area (Å²) in [5.41, 5.74) is 1.77. The van der Waals surface area contributed by atoms with Gasteiger partial charge in [0.15, 0.2) is 0 Å². The number of urea groups is 1. The largest absolute Gasteiger partial charge is 0.497 e. The molecule has 0 spiro atoms. The zero-order valence-corrected chi connectivity index (χ0v) is 15.0. The van der Waals surface area contributed by atoms with Gasteiger partial charge in [0, 0.05) is 6.54 Å². The normalized spacial score (nSPS) is 16.2. The van der Waals surface area contributed by atoms with Gasteiger partial charge in [0.05, 0.1) is 20.1 Å². The molecule has 1 fully saturated rings. The third-order valence-corrected chi connectivity index (χ3v) is 4.33. The van der Waals surface area contributed by atoms with Gasteiger partial charge in [-0.05, 0) is 23.3 Å². The van der Waals surface area contributed by atoms with Crippen molar-refractivity contribution < 1.29 is 19.1 Å². The van der Waals surface area contributed by atoms with Crippen molar-refractivity contribution in [3.63, 3.8) is 0 Å². The van der Waals surface area contributed by atoms with Crippen LogP contribution in [0.4, 0.5) is 4.79 Å². The summed E-state index contributed by atoms with van der Waals surface area (Å²) in [4.78, 5) is 37.8. The molecule has 27 heavy (non-hydrogen) atoms. The Morgan fingerprint density at radius 2 is 1.78 bits per heavy atom. The number of rotatable bonds is 7. The third kappa shape index (κ3) is 4.63. The highest BCUT2D eigenvalue weighted by Crippen LogP contribution is 2.14. The number of methoxy groups -OCH3 is 1. The first kappa shape index (κ1) is 18.4. The molecule has 1 heterocycles. The summed E-state index contributed by atoms with van der Waals surface area (Å²) in [7, 11) is 1.59. The molecule has 4 amide bonds. The van der Waals surface area contributed by atoms with Crippen LogP contribution in [0.3, 0.4) is 0 Å². The monoisotopic (exact) mass is 367 g/mol. The lowest BCUT2D eigenvalue weighted by Gasteiger charge is -2.13. The van der Waals surface area contributed by atoms with Crippen molar-refractivity contribution in [3.05, 3.63) is 65.7 Å². The van der Waals surface area contributed by atoms with E-state index in [4.69, 9.17) is 4.74 Å². The average molecular weight is 367 g/mol. The minimum absolute atomic E-state index is 0.0913. The van der Waals surface area contributed by atoms with Gasteiger partial charge in [-0.3, -0.25) is 14.5 Å². The third-order valence-electron chi connectivity index (χ3n) is 4.33. The maximum atomic E-state index is 12.4. The van der Waals surface area contributed by atoms with E-state index in [0.29, 0.717) is 6.54 Å². The van der Waals surface area contributed by atoms with E-state index in [1.165, 1.54) is 0 Å². The smallest absolute Gasteiger partial charge is 0.325 e. The second-order valence-corrected chi connectivity index (χ2v) is 6.24. The Hall–Kier alpha value is -3.35. The van der Waals surface area contributed by atoms with Crippen molar-refractivity contribution in [1.82, 2.24) is 15.5 Å². The fourth-order valence-electron chi connectivity index (χ4n) is 2.83. The Morgan fingerprint density at radius 1 is 1.07 bits per heavy atom. The molecule has 2 aromatic carbocycles. The first-order chi connectivity index (χ1) is 13.1. The summed E-state index contributed by atoms with van der Waals surface area (Å²) >= 11 is 0. The first-order valence-corrected chi connectivity index (χ1v) is 8.62. The summed E-state index contributed by atoms with van der Waals surface area (Å²) in [5, 5.41) is 5.34. The highest BCUT2D eigenvalue weighted by molar-refractivity contribution is 6.05. The van der Waals surface area contributed by atoms with E-state index < -0.39 is 12.1 Å². The van der Waals surface area contributed by atoms with Gasteiger partial charge in [0.2, 0.25) is 5.91 Å². The van der Waals surface area contributed by atoms with E-state index in [-0.39, 0.29) is 24.8 Å². The van der Waals surface area contributed by atoms with Crippen molar-refractivity contribution in [2.75, 3.05) is 7.11 Å². The Morgan fingerprint density at radius 3 is 2.44 bits per heavy atom. The molecule has 1 saturated heterocycles.